The maximum Gasteiger partial charge on any atom is 0.284 e. The molecule has 0 fully saturated rings. The van der Waals surface area contributed by atoms with Crippen LogP contribution in [0.3, 0.4) is 0 Å². The first-order chi connectivity index (χ1) is 10.1. The van der Waals surface area contributed by atoms with Crippen molar-refractivity contribution in [2.45, 2.75) is 19.8 Å². The Balaban J connectivity index is 2.51. The molecule has 2 aromatic carbocycles. The highest BCUT2D eigenvalue weighted by Crippen LogP contribution is 2.29. The first-order valence-electron chi connectivity index (χ1n) is 6.92. The van der Waals surface area contributed by atoms with E-state index >= 15 is 0 Å². The Bertz CT molecular complexity index is 676. The fraction of sp³-hybridized carbons (Fsp3) is 0.250. The lowest BCUT2D eigenvalue weighted by Crippen LogP contribution is -2.24. The van der Waals surface area contributed by atoms with E-state index < -0.39 is 5.91 Å². The van der Waals surface area contributed by atoms with E-state index in [1.54, 1.807) is 6.07 Å². The van der Waals surface area contributed by atoms with Gasteiger partial charge in [-0.05, 0) is 23.3 Å². The molecule has 0 radical (unpaired) electrons. The summed E-state index contributed by atoms with van der Waals surface area (Å²) in [6.45, 7) is 2.63. The lowest BCUT2D eigenvalue weighted by atomic mass is 10.0. The summed E-state index contributed by atoms with van der Waals surface area (Å²) in [5, 5.41) is 1.72. The van der Waals surface area contributed by atoms with Crippen LogP contribution in [0.2, 0.25) is 0 Å². The number of amides is 1. The van der Waals surface area contributed by atoms with E-state index in [-0.39, 0.29) is 5.96 Å². The molecular formula is C16H19N3O2. The van der Waals surface area contributed by atoms with Crippen LogP contribution in [0.15, 0.2) is 41.4 Å². The molecule has 110 valence electrons. The van der Waals surface area contributed by atoms with Crippen molar-refractivity contribution in [3.05, 3.63) is 42.0 Å². The molecule has 0 spiro atoms. The molecule has 0 saturated carbocycles. The van der Waals surface area contributed by atoms with Crippen LogP contribution in [0.5, 0.6) is 5.75 Å². The lowest BCUT2D eigenvalue weighted by molar-refractivity contribution is 0.100. The summed E-state index contributed by atoms with van der Waals surface area (Å²) in [6.07, 6.45) is 1.94. The van der Waals surface area contributed by atoms with E-state index in [1.807, 2.05) is 30.3 Å². The molecule has 2 aromatic rings. The van der Waals surface area contributed by atoms with Crippen molar-refractivity contribution < 1.29 is 9.53 Å². The number of benzene rings is 2. The van der Waals surface area contributed by atoms with E-state index in [0.29, 0.717) is 17.9 Å². The van der Waals surface area contributed by atoms with Crippen molar-refractivity contribution in [1.29, 1.82) is 0 Å². The fourth-order valence-corrected chi connectivity index (χ4v) is 2.09. The molecule has 0 aromatic heterocycles. The molecule has 5 heteroatoms. The number of hydrogen-bond acceptors (Lipinski definition) is 2. The van der Waals surface area contributed by atoms with Crippen LogP contribution in [-0.2, 0) is 0 Å². The highest BCUT2D eigenvalue weighted by Gasteiger charge is 2.16. The Morgan fingerprint density at radius 3 is 2.67 bits per heavy atom. The van der Waals surface area contributed by atoms with Gasteiger partial charge in [0, 0.05) is 0 Å². The molecule has 0 atom stereocenters. The predicted molar refractivity (Wildman–Crippen MR) is 84.5 cm³/mol. The largest absolute Gasteiger partial charge is 0.493 e. The van der Waals surface area contributed by atoms with E-state index in [9.17, 15) is 4.79 Å². The summed E-state index contributed by atoms with van der Waals surface area (Å²) >= 11 is 0. The van der Waals surface area contributed by atoms with Crippen molar-refractivity contribution in [3.63, 3.8) is 0 Å². The van der Waals surface area contributed by atoms with Gasteiger partial charge in [-0.2, -0.15) is 4.99 Å². The van der Waals surface area contributed by atoms with Crippen LogP contribution < -0.4 is 16.2 Å². The van der Waals surface area contributed by atoms with Crippen LogP contribution in [0.4, 0.5) is 0 Å². The molecule has 5 nitrogen and oxygen atoms in total. The number of hydrogen-bond donors (Lipinski definition) is 2. The topological polar surface area (TPSA) is 90.7 Å². The summed E-state index contributed by atoms with van der Waals surface area (Å²) in [6, 6.07) is 11.3. The van der Waals surface area contributed by atoms with E-state index in [4.69, 9.17) is 16.2 Å². The summed E-state index contributed by atoms with van der Waals surface area (Å²) in [4.78, 5) is 15.9. The maximum atomic E-state index is 12.3. The van der Waals surface area contributed by atoms with Crippen molar-refractivity contribution in [2.24, 2.45) is 16.5 Å². The average molecular weight is 285 g/mol. The Hall–Kier alpha value is -2.56. The minimum absolute atomic E-state index is 0.257. The highest BCUT2D eigenvalue weighted by atomic mass is 16.5. The minimum atomic E-state index is -0.488. The molecule has 0 bridgehead atoms. The number of carbonyl (C=O) groups is 1. The quantitative estimate of drug-likeness (QED) is 0.501. The second kappa shape index (κ2) is 6.74. The van der Waals surface area contributed by atoms with Gasteiger partial charge in [-0.15, -0.1) is 0 Å². The Morgan fingerprint density at radius 2 is 1.95 bits per heavy atom. The number of guanidine groups is 1. The van der Waals surface area contributed by atoms with Crippen molar-refractivity contribution in [1.82, 2.24) is 0 Å². The molecule has 0 aliphatic rings. The van der Waals surface area contributed by atoms with Crippen LogP contribution in [0.25, 0.3) is 10.8 Å². The predicted octanol–water partition coefficient (Wildman–Crippen LogP) is 2.43. The molecule has 4 N–H and O–H groups in total. The second-order valence-corrected chi connectivity index (χ2v) is 4.70. The number of nitrogens with zero attached hydrogens (tertiary/aromatic N) is 1. The lowest BCUT2D eigenvalue weighted by Gasteiger charge is -2.12. The Labute approximate surface area is 123 Å². The van der Waals surface area contributed by atoms with Gasteiger partial charge in [-0.1, -0.05) is 43.7 Å². The highest BCUT2D eigenvalue weighted by molar-refractivity contribution is 6.12. The number of fused-ring (bicyclic) bond motifs is 1. The van der Waals surface area contributed by atoms with Gasteiger partial charge in [0.05, 0.1) is 12.2 Å². The van der Waals surface area contributed by atoms with Crippen molar-refractivity contribution in [3.8, 4) is 5.75 Å². The third-order valence-electron chi connectivity index (χ3n) is 3.09. The van der Waals surface area contributed by atoms with Gasteiger partial charge >= 0.3 is 0 Å². The SMILES string of the molecule is CCCCOc1ccc2ccccc2c1C(=O)N=C(N)N. The standard InChI is InChI=1S/C16H19N3O2/c1-2-3-10-21-13-9-8-11-6-4-5-7-12(11)14(13)15(20)19-16(17)18/h4-9H,2-3,10H2,1H3,(H4,17,18,19,20). The zero-order chi connectivity index (χ0) is 15.2. The first-order valence-corrected chi connectivity index (χ1v) is 6.92. The third-order valence-corrected chi connectivity index (χ3v) is 3.09. The Kier molecular flexibility index (Phi) is 4.77. The second-order valence-electron chi connectivity index (χ2n) is 4.70. The molecule has 0 aliphatic carbocycles. The van der Waals surface area contributed by atoms with Gasteiger partial charge in [0.2, 0.25) is 0 Å². The van der Waals surface area contributed by atoms with Crippen LogP contribution in [0, 0.1) is 0 Å². The molecule has 0 unspecified atom stereocenters. The molecule has 21 heavy (non-hydrogen) atoms. The zero-order valence-corrected chi connectivity index (χ0v) is 12.0. The number of carbonyl (C=O) groups excluding carboxylic acids is 1. The maximum absolute atomic E-state index is 12.3. The number of unbranched alkanes of at least 4 members (excludes halogenated alkanes) is 1. The van der Waals surface area contributed by atoms with E-state index in [2.05, 4.69) is 11.9 Å². The van der Waals surface area contributed by atoms with Crippen LogP contribution in [-0.4, -0.2) is 18.5 Å². The normalized spacial score (nSPS) is 10.3. The van der Waals surface area contributed by atoms with Gasteiger partial charge in [0.1, 0.15) is 5.75 Å². The summed E-state index contributed by atoms with van der Waals surface area (Å²) in [7, 11) is 0. The van der Waals surface area contributed by atoms with Gasteiger partial charge in [0.25, 0.3) is 5.91 Å². The van der Waals surface area contributed by atoms with Crippen molar-refractivity contribution in [2.75, 3.05) is 6.61 Å². The molecular weight excluding hydrogens is 266 g/mol. The van der Waals surface area contributed by atoms with Crippen LogP contribution >= 0.6 is 0 Å². The zero-order valence-electron chi connectivity index (χ0n) is 12.0. The number of nitrogens with two attached hydrogens (primary N) is 2. The summed E-state index contributed by atoms with van der Waals surface area (Å²) in [5.74, 6) is -0.233. The minimum Gasteiger partial charge on any atom is -0.493 e. The number of rotatable bonds is 5. The number of ether oxygens (including phenoxy) is 1. The first kappa shape index (κ1) is 14.8. The molecule has 0 saturated heterocycles. The van der Waals surface area contributed by atoms with Gasteiger partial charge < -0.3 is 16.2 Å². The van der Waals surface area contributed by atoms with Gasteiger partial charge in [-0.3, -0.25) is 4.79 Å². The Morgan fingerprint density at radius 1 is 1.19 bits per heavy atom. The van der Waals surface area contributed by atoms with E-state index in [0.717, 1.165) is 23.6 Å². The summed E-state index contributed by atoms with van der Waals surface area (Å²) < 4.78 is 5.72. The van der Waals surface area contributed by atoms with Crippen LogP contribution in [0.1, 0.15) is 30.1 Å². The van der Waals surface area contributed by atoms with Gasteiger partial charge in [0.15, 0.2) is 5.96 Å². The summed E-state index contributed by atoms with van der Waals surface area (Å²) in [5.41, 5.74) is 11.0. The van der Waals surface area contributed by atoms with Gasteiger partial charge in [-0.25, -0.2) is 0 Å². The molecule has 2 rings (SSSR count). The van der Waals surface area contributed by atoms with E-state index in [1.165, 1.54) is 0 Å². The number of aliphatic imine (C=N–C) groups is 1. The monoisotopic (exact) mass is 285 g/mol. The smallest absolute Gasteiger partial charge is 0.284 e. The molecule has 1 amide bonds. The third kappa shape index (κ3) is 3.51. The average Bonchev–Trinajstić information content (AvgIpc) is 2.46. The molecule has 0 aliphatic heterocycles. The molecule has 0 heterocycles. The fourth-order valence-electron chi connectivity index (χ4n) is 2.09. The van der Waals surface area contributed by atoms with Crippen molar-refractivity contribution >= 4 is 22.6 Å².